The number of rotatable bonds is 5. The second-order valence-electron chi connectivity index (χ2n) is 6.28. The highest BCUT2D eigenvalue weighted by molar-refractivity contribution is 6.06. The van der Waals surface area contributed by atoms with Gasteiger partial charge < -0.3 is 0 Å². The highest BCUT2D eigenvalue weighted by Gasteiger charge is 2.26. The monoisotopic (exact) mass is 270 g/mol. The fourth-order valence-corrected chi connectivity index (χ4v) is 2.76. The molecular weight excluding hydrogens is 244 g/mol. The summed E-state index contributed by atoms with van der Waals surface area (Å²) < 4.78 is 0. The fraction of sp³-hybridized carbons (Fsp3) is 0.421. The summed E-state index contributed by atoms with van der Waals surface area (Å²) in [5, 5.41) is 0. The summed E-state index contributed by atoms with van der Waals surface area (Å²) in [6, 6.07) is 0. The normalized spacial score (nSPS) is 19.3. The minimum absolute atomic E-state index is 0.00956. The lowest BCUT2D eigenvalue weighted by molar-refractivity contribution is -0.111. The molecule has 0 saturated heterocycles. The van der Waals surface area contributed by atoms with E-state index >= 15 is 0 Å². The lowest BCUT2D eigenvalue weighted by Crippen LogP contribution is -2.19. The van der Waals surface area contributed by atoms with Crippen molar-refractivity contribution >= 4 is 5.78 Å². The quantitative estimate of drug-likeness (QED) is 0.487. The first kappa shape index (κ1) is 16.4. The number of ketones is 1. The van der Waals surface area contributed by atoms with Gasteiger partial charge in [0.1, 0.15) is 0 Å². The van der Waals surface area contributed by atoms with Crippen LogP contribution < -0.4 is 0 Å². The molecule has 1 rings (SSSR count). The maximum absolute atomic E-state index is 12.2. The van der Waals surface area contributed by atoms with E-state index in [4.69, 9.17) is 0 Å². The van der Waals surface area contributed by atoms with Crippen LogP contribution in [0.1, 0.15) is 47.0 Å². The highest BCUT2D eigenvalue weighted by atomic mass is 16.1. The summed E-state index contributed by atoms with van der Waals surface area (Å²) >= 11 is 0. The van der Waals surface area contributed by atoms with Gasteiger partial charge in [0.05, 0.1) is 0 Å². The molecule has 0 spiro atoms. The van der Waals surface area contributed by atoms with Gasteiger partial charge in [0.25, 0.3) is 0 Å². The van der Waals surface area contributed by atoms with Crippen LogP contribution in [0, 0.1) is 5.41 Å². The fourth-order valence-electron chi connectivity index (χ4n) is 2.76. The van der Waals surface area contributed by atoms with Crippen LogP contribution in [0.5, 0.6) is 0 Å². The molecule has 108 valence electrons. The van der Waals surface area contributed by atoms with Crippen LogP contribution in [0.4, 0.5) is 0 Å². The lowest BCUT2D eigenvalue weighted by Gasteiger charge is -2.32. The van der Waals surface area contributed by atoms with Crippen molar-refractivity contribution < 1.29 is 4.79 Å². The van der Waals surface area contributed by atoms with Gasteiger partial charge in [-0.3, -0.25) is 4.79 Å². The molecule has 1 heteroatoms. The van der Waals surface area contributed by atoms with Crippen LogP contribution in [0.25, 0.3) is 0 Å². The summed E-state index contributed by atoms with van der Waals surface area (Å²) in [6.45, 7) is 16.0. The molecule has 0 saturated carbocycles. The van der Waals surface area contributed by atoms with Crippen molar-refractivity contribution in [2.75, 3.05) is 0 Å². The zero-order valence-corrected chi connectivity index (χ0v) is 13.3. The van der Waals surface area contributed by atoms with E-state index < -0.39 is 0 Å². The molecule has 0 amide bonds. The van der Waals surface area contributed by atoms with Crippen LogP contribution in [0.15, 0.2) is 59.8 Å². The molecule has 1 nitrogen and oxygen atoms in total. The first-order valence-electron chi connectivity index (χ1n) is 7.20. The molecule has 1 aliphatic rings. The molecule has 0 aliphatic heterocycles. The number of hydrogen-bond donors (Lipinski definition) is 0. The van der Waals surface area contributed by atoms with E-state index in [1.807, 2.05) is 13.0 Å². The van der Waals surface area contributed by atoms with E-state index in [-0.39, 0.29) is 11.2 Å². The molecule has 0 heterocycles. The van der Waals surface area contributed by atoms with Gasteiger partial charge in [-0.05, 0) is 56.3 Å². The first-order chi connectivity index (χ1) is 9.27. The number of carbonyl (C=O) groups is 1. The molecule has 1 aliphatic carbocycles. The Morgan fingerprint density at radius 1 is 1.35 bits per heavy atom. The van der Waals surface area contributed by atoms with Crippen molar-refractivity contribution in [3.05, 3.63) is 59.8 Å². The Morgan fingerprint density at radius 3 is 2.50 bits per heavy atom. The lowest BCUT2D eigenvalue weighted by atomic mass is 9.72. The van der Waals surface area contributed by atoms with Crippen molar-refractivity contribution in [1.29, 1.82) is 0 Å². The van der Waals surface area contributed by atoms with Crippen molar-refractivity contribution in [3.63, 3.8) is 0 Å². The molecule has 0 N–H and O–H groups in total. The molecule has 0 aromatic carbocycles. The summed E-state index contributed by atoms with van der Waals surface area (Å²) in [6.07, 6.45) is 10.6. The van der Waals surface area contributed by atoms with Gasteiger partial charge in [-0.1, -0.05) is 50.3 Å². The summed E-state index contributed by atoms with van der Waals surface area (Å²) in [4.78, 5) is 12.2. The third-order valence-corrected chi connectivity index (χ3v) is 3.85. The molecule has 20 heavy (non-hydrogen) atoms. The first-order valence-corrected chi connectivity index (χ1v) is 7.20. The molecule has 0 unspecified atom stereocenters. The van der Waals surface area contributed by atoms with Crippen LogP contribution in [-0.2, 0) is 4.79 Å². The van der Waals surface area contributed by atoms with Crippen molar-refractivity contribution in [1.82, 2.24) is 0 Å². The van der Waals surface area contributed by atoms with Crippen molar-refractivity contribution in [2.45, 2.75) is 47.0 Å². The van der Waals surface area contributed by atoms with Gasteiger partial charge in [-0.25, -0.2) is 0 Å². The second-order valence-corrected chi connectivity index (χ2v) is 6.28. The second kappa shape index (κ2) is 6.69. The SMILES string of the molecule is C=C/C(=C\C(=C)C)C(=O)/C=C/C1=C(C)CCCC1(C)C. The summed E-state index contributed by atoms with van der Waals surface area (Å²) in [5.41, 5.74) is 4.31. The summed E-state index contributed by atoms with van der Waals surface area (Å²) in [5.74, 6) is -0.00956. The molecule has 0 fully saturated rings. The average molecular weight is 270 g/mol. The van der Waals surface area contributed by atoms with Crippen LogP contribution in [0.3, 0.4) is 0 Å². The topological polar surface area (TPSA) is 17.1 Å². The van der Waals surface area contributed by atoms with Crippen LogP contribution >= 0.6 is 0 Å². The number of hydrogen-bond acceptors (Lipinski definition) is 1. The Kier molecular flexibility index (Phi) is 5.50. The Balaban J connectivity index is 3.00. The average Bonchev–Trinajstić information content (AvgIpc) is 2.34. The predicted octanol–water partition coefficient (Wildman–Crippen LogP) is 5.33. The number of carbonyl (C=O) groups excluding carboxylic acids is 1. The van der Waals surface area contributed by atoms with E-state index in [0.717, 1.165) is 12.0 Å². The molecule has 0 aromatic heterocycles. The van der Waals surface area contributed by atoms with Gasteiger partial charge in [0.2, 0.25) is 0 Å². The zero-order chi connectivity index (χ0) is 15.3. The largest absolute Gasteiger partial charge is 0.289 e. The molecule has 0 aromatic rings. The third-order valence-electron chi connectivity index (χ3n) is 3.85. The molecule has 0 bridgehead atoms. The molecular formula is C19H26O. The van der Waals surface area contributed by atoms with E-state index in [9.17, 15) is 4.79 Å². The minimum Gasteiger partial charge on any atom is -0.289 e. The molecule has 0 atom stereocenters. The van der Waals surface area contributed by atoms with Crippen LogP contribution in [-0.4, -0.2) is 5.78 Å². The van der Waals surface area contributed by atoms with E-state index in [1.54, 1.807) is 18.2 Å². The van der Waals surface area contributed by atoms with Crippen molar-refractivity contribution in [2.24, 2.45) is 5.41 Å². The predicted molar refractivity (Wildman–Crippen MR) is 87.6 cm³/mol. The van der Waals surface area contributed by atoms with E-state index in [1.165, 1.54) is 24.0 Å². The summed E-state index contributed by atoms with van der Waals surface area (Å²) in [7, 11) is 0. The third kappa shape index (κ3) is 4.19. The van der Waals surface area contributed by atoms with Gasteiger partial charge in [-0.15, -0.1) is 0 Å². The zero-order valence-electron chi connectivity index (χ0n) is 13.3. The Hall–Kier alpha value is -1.63. The van der Waals surface area contributed by atoms with Crippen molar-refractivity contribution in [3.8, 4) is 0 Å². The van der Waals surface area contributed by atoms with E-state index in [2.05, 4.69) is 33.9 Å². The Morgan fingerprint density at radius 2 is 2.00 bits per heavy atom. The van der Waals surface area contributed by atoms with Gasteiger partial charge in [-0.2, -0.15) is 0 Å². The molecule has 0 radical (unpaired) electrons. The maximum atomic E-state index is 12.2. The minimum atomic E-state index is -0.00956. The number of allylic oxidation sites excluding steroid dienone is 8. The van der Waals surface area contributed by atoms with E-state index in [0.29, 0.717) is 5.57 Å². The smallest absolute Gasteiger partial charge is 0.185 e. The Bertz CT molecular complexity index is 510. The standard InChI is InChI=1S/C19H26O/c1-7-16(13-14(2)3)18(20)11-10-17-15(4)9-8-12-19(17,5)6/h7,10-11,13H,1-2,8-9,12H2,3-6H3/b11-10+,16-13+. The maximum Gasteiger partial charge on any atom is 0.185 e. The van der Waals surface area contributed by atoms with Gasteiger partial charge >= 0.3 is 0 Å². The van der Waals surface area contributed by atoms with Gasteiger partial charge in [0.15, 0.2) is 5.78 Å². The van der Waals surface area contributed by atoms with Crippen LogP contribution in [0.2, 0.25) is 0 Å². The van der Waals surface area contributed by atoms with Gasteiger partial charge in [0, 0.05) is 5.57 Å². The highest BCUT2D eigenvalue weighted by Crippen LogP contribution is 2.40. The Labute approximate surface area is 123 Å².